The first-order valence-electron chi connectivity index (χ1n) is 10.3. The van der Waals surface area contributed by atoms with Crippen LogP contribution in [0.2, 0.25) is 5.02 Å². The second kappa shape index (κ2) is 7.95. The fraction of sp³-hybridized carbons (Fsp3) is 0.682. The highest BCUT2D eigenvalue weighted by atomic mass is 35.5. The van der Waals surface area contributed by atoms with Gasteiger partial charge in [-0.2, -0.15) is 0 Å². The maximum atomic E-state index is 13.0. The van der Waals surface area contributed by atoms with Gasteiger partial charge in [0, 0.05) is 34.9 Å². The second-order valence-corrected chi connectivity index (χ2v) is 12.7. The van der Waals surface area contributed by atoms with E-state index in [1.54, 1.807) is 4.90 Å². The van der Waals surface area contributed by atoms with Gasteiger partial charge in [0.05, 0.1) is 6.04 Å². The first kappa shape index (κ1) is 22.7. The largest absolute Gasteiger partial charge is 0.598 e. The molecule has 0 bridgehead atoms. The molecule has 1 saturated heterocycles. The van der Waals surface area contributed by atoms with Gasteiger partial charge in [0.2, 0.25) is 0 Å². The van der Waals surface area contributed by atoms with Gasteiger partial charge in [0.25, 0.3) is 0 Å². The number of likely N-dealkylation sites (tertiary alicyclic amines) is 1. The molecule has 1 amide bonds. The number of benzene rings is 1. The third-order valence-electron chi connectivity index (χ3n) is 5.77. The molecular formula is C22H33ClN2O3S. The quantitative estimate of drug-likeness (QED) is 0.656. The number of amides is 1. The van der Waals surface area contributed by atoms with Crippen molar-refractivity contribution in [3.05, 3.63) is 34.3 Å². The predicted molar refractivity (Wildman–Crippen MR) is 118 cm³/mol. The summed E-state index contributed by atoms with van der Waals surface area (Å²) in [5.74, 6) is 0. The van der Waals surface area contributed by atoms with Crippen molar-refractivity contribution in [1.82, 2.24) is 9.62 Å². The zero-order valence-electron chi connectivity index (χ0n) is 18.3. The maximum Gasteiger partial charge on any atom is 0.410 e. The Kier molecular flexibility index (Phi) is 6.23. The topological polar surface area (TPSA) is 64.6 Å². The van der Waals surface area contributed by atoms with Crippen molar-refractivity contribution in [2.45, 2.75) is 77.2 Å². The van der Waals surface area contributed by atoms with Crippen LogP contribution in [0.3, 0.4) is 0 Å². The van der Waals surface area contributed by atoms with Crippen LogP contribution in [0.4, 0.5) is 4.79 Å². The van der Waals surface area contributed by atoms with Gasteiger partial charge in [-0.05, 0) is 84.1 Å². The van der Waals surface area contributed by atoms with E-state index in [1.807, 2.05) is 53.7 Å². The molecule has 1 aliphatic heterocycles. The summed E-state index contributed by atoms with van der Waals surface area (Å²) in [6.07, 6.45) is 2.31. The van der Waals surface area contributed by atoms with E-state index in [9.17, 15) is 9.35 Å². The Morgan fingerprint density at radius 1 is 1.24 bits per heavy atom. The molecule has 1 spiro atoms. The standard InChI is InChI=1S/C22H33ClN2O3S/c1-20(2,3)28-19(26)25-11-9-22(10-12-25)14-15-7-8-16(23)13-17(15)18(22)24-29(27)21(4,5)6/h7-8,13,18,24H,9-12,14H2,1-6H3/t18-,29+/m1/s1. The number of piperidine rings is 1. The lowest BCUT2D eigenvalue weighted by atomic mass is 9.73. The number of nitrogens with zero attached hydrogens (tertiary/aromatic N) is 1. The fourth-order valence-electron chi connectivity index (χ4n) is 4.21. The summed E-state index contributed by atoms with van der Waals surface area (Å²) in [5, 5.41) is 0.695. The van der Waals surface area contributed by atoms with Crippen LogP contribution in [0.1, 0.15) is 71.6 Å². The molecule has 0 unspecified atom stereocenters. The summed E-state index contributed by atoms with van der Waals surface area (Å²) in [6, 6.07) is 5.97. The van der Waals surface area contributed by atoms with E-state index in [0.717, 1.165) is 24.8 Å². The number of nitrogens with one attached hydrogen (secondary N) is 1. The Morgan fingerprint density at radius 3 is 2.41 bits per heavy atom. The first-order valence-corrected chi connectivity index (χ1v) is 11.8. The van der Waals surface area contributed by atoms with Gasteiger partial charge in [-0.1, -0.05) is 17.7 Å². The van der Waals surface area contributed by atoms with Crippen molar-refractivity contribution < 1.29 is 14.1 Å². The molecule has 1 aliphatic carbocycles. The molecule has 29 heavy (non-hydrogen) atoms. The Morgan fingerprint density at radius 2 is 1.86 bits per heavy atom. The third kappa shape index (κ3) is 5.04. The molecular weight excluding hydrogens is 408 g/mol. The van der Waals surface area contributed by atoms with E-state index in [4.69, 9.17) is 16.3 Å². The first-order chi connectivity index (χ1) is 13.3. The predicted octanol–water partition coefficient (Wildman–Crippen LogP) is 5.01. The van der Waals surface area contributed by atoms with Crippen molar-refractivity contribution in [2.24, 2.45) is 5.41 Å². The fourth-order valence-corrected chi connectivity index (χ4v) is 5.33. The van der Waals surface area contributed by atoms with Crippen LogP contribution in [0.5, 0.6) is 0 Å². The number of rotatable bonds is 2. The number of carbonyl (C=O) groups is 1. The van der Waals surface area contributed by atoms with E-state index < -0.39 is 17.0 Å². The maximum absolute atomic E-state index is 13.0. The van der Waals surface area contributed by atoms with E-state index in [-0.39, 0.29) is 22.3 Å². The summed E-state index contributed by atoms with van der Waals surface area (Å²) >= 11 is 5.10. The zero-order chi connectivity index (χ0) is 21.6. The molecule has 0 aromatic heterocycles. The van der Waals surface area contributed by atoms with Crippen LogP contribution in [0.15, 0.2) is 18.2 Å². The average Bonchev–Trinajstić information content (AvgIpc) is 2.86. The molecule has 0 radical (unpaired) electrons. The number of carbonyl (C=O) groups excluding carboxylic acids is 1. The normalized spacial score (nSPS) is 22.5. The van der Waals surface area contributed by atoms with E-state index in [1.165, 1.54) is 5.56 Å². The molecule has 5 nitrogen and oxygen atoms in total. The molecule has 1 fully saturated rings. The van der Waals surface area contributed by atoms with Gasteiger partial charge >= 0.3 is 6.09 Å². The van der Waals surface area contributed by atoms with Gasteiger partial charge in [-0.15, -0.1) is 4.72 Å². The molecule has 1 aromatic carbocycles. The van der Waals surface area contributed by atoms with E-state index in [2.05, 4.69) is 10.8 Å². The summed E-state index contributed by atoms with van der Waals surface area (Å²) in [7, 11) is 0. The van der Waals surface area contributed by atoms with Crippen molar-refractivity contribution in [3.63, 3.8) is 0 Å². The Bertz CT molecular complexity index is 764. The second-order valence-electron chi connectivity index (χ2n) is 10.3. The Hall–Kier alpha value is -0.950. The van der Waals surface area contributed by atoms with Crippen molar-refractivity contribution in [1.29, 1.82) is 0 Å². The van der Waals surface area contributed by atoms with Gasteiger partial charge in [0.1, 0.15) is 10.3 Å². The number of fused-ring (bicyclic) bond motifs is 1. The smallest absolute Gasteiger partial charge is 0.410 e. The summed E-state index contributed by atoms with van der Waals surface area (Å²) < 4.78 is 21.6. The van der Waals surface area contributed by atoms with Crippen LogP contribution in [-0.4, -0.2) is 39.0 Å². The molecule has 7 heteroatoms. The van der Waals surface area contributed by atoms with Gasteiger partial charge in [0.15, 0.2) is 0 Å². The number of hydrogen-bond acceptors (Lipinski definition) is 4. The number of hydrogen-bond donors (Lipinski definition) is 1. The number of ether oxygens (including phenoxy) is 1. The van der Waals surface area contributed by atoms with Gasteiger partial charge in [-0.25, -0.2) is 4.79 Å². The summed E-state index contributed by atoms with van der Waals surface area (Å²) in [5.41, 5.74) is 1.82. The zero-order valence-corrected chi connectivity index (χ0v) is 19.9. The molecule has 1 N–H and O–H groups in total. The average molecular weight is 441 g/mol. The number of halogens is 1. The third-order valence-corrected chi connectivity index (χ3v) is 7.56. The Labute approximate surface area is 182 Å². The lowest BCUT2D eigenvalue weighted by Gasteiger charge is -2.43. The molecule has 3 rings (SSSR count). The van der Waals surface area contributed by atoms with Gasteiger partial charge in [-0.3, -0.25) is 0 Å². The van der Waals surface area contributed by atoms with Crippen LogP contribution in [0.25, 0.3) is 0 Å². The molecule has 0 saturated carbocycles. The minimum absolute atomic E-state index is 0.0444. The van der Waals surface area contributed by atoms with E-state index in [0.29, 0.717) is 18.1 Å². The highest BCUT2D eigenvalue weighted by Crippen LogP contribution is 2.53. The molecule has 2 atom stereocenters. The highest BCUT2D eigenvalue weighted by Gasteiger charge is 2.51. The minimum atomic E-state index is -1.20. The van der Waals surface area contributed by atoms with Crippen LogP contribution >= 0.6 is 11.6 Å². The van der Waals surface area contributed by atoms with E-state index >= 15 is 0 Å². The monoisotopic (exact) mass is 440 g/mol. The lowest BCUT2D eigenvalue weighted by molar-refractivity contribution is 0.00716. The van der Waals surface area contributed by atoms with Crippen LogP contribution in [-0.2, 0) is 22.5 Å². The van der Waals surface area contributed by atoms with Gasteiger partial charge < -0.3 is 14.2 Å². The molecule has 162 valence electrons. The lowest BCUT2D eigenvalue weighted by Crippen LogP contribution is -2.51. The molecule has 1 aromatic rings. The summed E-state index contributed by atoms with van der Waals surface area (Å²) in [6.45, 7) is 12.8. The van der Waals surface area contributed by atoms with Crippen LogP contribution in [0, 0.1) is 5.41 Å². The highest BCUT2D eigenvalue weighted by molar-refractivity contribution is 7.90. The minimum Gasteiger partial charge on any atom is -0.598 e. The molecule has 1 heterocycles. The van der Waals surface area contributed by atoms with Crippen LogP contribution < -0.4 is 4.72 Å². The Balaban J connectivity index is 1.81. The SMILES string of the molecule is CC(C)(C)OC(=O)N1CCC2(CC1)Cc1ccc(Cl)cc1[C@H]2N[S@@+]([O-])C(C)(C)C. The molecule has 2 aliphatic rings. The van der Waals surface area contributed by atoms with Crippen molar-refractivity contribution >= 4 is 29.1 Å². The van der Waals surface area contributed by atoms with Crippen molar-refractivity contribution in [2.75, 3.05) is 13.1 Å². The van der Waals surface area contributed by atoms with Crippen molar-refractivity contribution in [3.8, 4) is 0 Å². The summed E-state index contributed by atoms with van der Waals surface area (Å²) in [4.78, 5) is 14.3.